The predicted octanol–water partition coefficient (Wildman–Crippen LogP) is 2.26. The molecule has 0 aliphatic heterocycles. The van der Waals surface area contributed by atoms with E-state index >= 15 is 0 Å². The Labute approximate surface area is 153 Å². The molecule has 0 bridgehead atoms. The van der Waals surface area contributed by atoms with Crippen LogP contribution in [-0.4, -0.2) is 23.4 Å². The van der Waals surface area contributed by atoms with Crippen LogP contribution in [0.4, 0.5) is 20.7 Å². The first kappa shape index (κ1) is 18.3. The fourth-order valence-corrected chi connectivity index (χ4v) is 3.38. The molecule has 0 atom stereocenters. The molecule has 138 valence electrons. The van der Waals surface area contributed by atoms with Crippen molar-refractivity contribution in [2.75, 3.05) is 10.6 Å². The minimum Gasteiger partial charge on any atom is -0.308 e. The lowest BCUT2D eigenvalue weighted by molar-refractivity contribution is 0.262. The van der Waals surface area contributed by atoms with Crippen molar-refractivity contribution in [2.24, 2.45) is 0 Å². The number of amides is 2. The van der Waals surface area contributed by atoms with Crippen LogP contribution in [0, 0.1) is 5.82 Å². The SMILES string of the molecule is O=C(Nc1ccccc1)Nc1nc(=O)n(S(=O)(=O)c2ccccc2)cc1F. The lowest BCUT2D eigenvalue weighted by Gasteiger charge is -2.10. The number of halogens is 1. The van der Waals surface area contributed by atoms with Crippen molar-refractivity contribution >= 4 is 27.6 Å². The first-order chi connectivity index (χ1) is 12.9. The van der Waals surface area contributed by atoms with Gasteiger partial charge in [-0.3, -0.25) is 5.32 Å². The monoisotopic (exact) mass is 388 g/mol. The second-order valence-corrected chi connectivity index (χ2v) is 7.09. The van der Waals surface area contributed by atoms with Gasteiger partial charge in [-0.2, -0.15) is 8.96 Å². The van der Waals surface area contributed by atoms with Gasteiger partial charge in [-0.25, -0.2) is 22.4 Å². The molecule has 0 aliphatic rings. The van der Waals surface area contributed by atoms with Crippen LogP contribution in [0.1, 0.15) is 0 Å². The van der Waals surface area contributed by atoms with Gasteiger partial charge >= 0.3 is 11.7 Å². The van der Waals surface area contributed by atoms with E-state index < -0.39 is 33.4 Å². The summed E-state index contributed by atoms with van der Waals surface area (Å²) in [5.41, 5.74) is -0.814. The highest BCUT2D eigenvalue weighted by Gasteiger charge is 2.21. The molecule has 27 heavy (non-hydrogen) atoms. The zero-order chi connectivity index (χ0) is 19.4. The molecule has 3 aromatic rings. The number of hydrogen-bond acceptors (Lipinski definition) is 5. The van der Waals surface area contributed by atoms with E-state index in [4.69, 9.17) is 0 Å². The molecule has 0 unspecified atom stereocenters. The van der Waals surface area contributed by atoms with Crippen molar-refractivity contribution in [3.05, 3.63) is 83.2 Å². The van der Waals surface area contributed by atoms with Crippen LogP contribution < -0.4 is 16.3 Å². The van der Waals surface area contributed by atoms with E-state index in [0.717, 1.165) is 0 Å². The van der Waals surface area contributed by atoms with Crippen molar-refractivity contribution in [3.8, 4) is 0 Å². The molecule has 1 heterocycles. The molecule has 0 spiro atoms. The zero-order valence-electron chi connectivity index (χ0n) is 13.7. The van der Waals surface area contributed by atoms with E-state index in [1.165, 1.54) is 24.3 Å². The Balaban J connectivity index is 1.87. The van der Waals surface area contributed by atoms with Crippen LogP contribution in [-0.2, 0) is 10.0 Å². The summed E-state index contributed by atoms with van der Waals surface area (Å²) in [6, 6.07) is 14.5. The maximum Gasteiger partial charge on any atom is 0.363 e. The van der Waals surface area contributed by atoms with Gasteiger partial charge in [-0.05, 0) is 24.3 Å². The van der Waals surface area contributed by atoms with E-state index in [2.05, 4.69) is 15.6 Å². The summed E-state index contributed by atoms with van der Waals surface area (Å²) in [7, 11) is -4.31. The summed E-state index contributed by atoms with van der Waals surface area (Å²) in [4.78, 5) is 27.1. The molecule has 0 aliphatic carbocycles. The molecule has 0 saturated carbocycles. The quantitative estimate of drug-likeness (QED) is 0.712. The topological polar surface area (TPSA) is 110 Å². The van der Waals surface area contributed by atoms with Gasteiger partial charge in [0.05, 0.1) is 11.1 Å². The Morgan fingerprint density at radius 3 is 2.19 bits per heavy atom. The summed E-state index contributed by atoms with van der Waals surface area (Å²) >= 11 is 0. The Bertz CT molecular complexity index is 1130. The van der Waals surface area contributed by atoms with Crippen molar-refractivity contribution in [2.45, 2.75) is 4.90 Å². The highest BCUT2D eigenvalue weighted by atomic mass is 32.2. The van der Waals surface area contributed by atoms with Gasteiger partial charge in [-0.15, -0.1) is 0 Å². The summed E-state index contributed by atoms with van der Waals surface area (Å²) in [6.45, 7) is 0. The van der Waals surface area contributed by atoms with Crippen molar-refractivity contribution in [1.82, 2.24) is 8.96 Å². The molecule has 1 aromatic heterocycles. The number of carbonyl (C=O) groups is 1. The Morgan fingerprint density at radius 1 is 0.963 bits per heavy atom. The average molecular weight is 388 g/mol. The summed E-state index contributed by atoms with van der Waals surface area (Å²) in [5.74, 6) is -1.87. The highest BCUT2D eigenvalue weighted by molar-refractivity contribution is 7.90. The van der Waals surface area contributed by atoms with Gasteiger partial charge < -0.3 is 5.32 Å². The number of hydrogen-bond donors (Lipinski definition) is 2. The van der Waals surface area contributed by atoms with E-state index in [-0.39, 0.29) is 8.87 Å². The Morgan fingerprint density at radius 2 is 1.56 bits per heavy atom. The number of urea groups is 1. The van der Waals surface area contributed by atoms with Crippen molar-refractivity contribution in [3.63, 3.8) is 0 Å². The van der Waals surface area contributed by atoms with Crippen LogP contribution in [0.2, 0.25) is 0 Å². The number of aromatic nitrogens is 2. The molecule has 10 heteroatoms. The molecule has 0 fully saturated rings. The highest BCUT2D eigenvalue weighted by Crippen LogP contribution is 2.14. The predicted molar refractivity (Wildman–Crippen MR) is 96.6 cm³/mol. The summed E-state index contributed by atoms with van der Waals surface area (Å²) < 4.78 is 39.3. The summed E-state index contributed by atoms with van der Waals surface area (Å²) in [5, 5.41) is 4.50. The van der Waals surface area contributed by atoms with Crippen LogP contribution in [0.15, 0.2) is 76.6 Å². The van der Waals surface area contributed by atoms with E-state index in [1.54, 1.807) is 36.4 Å². The lowest BCUT2D eigenvalue weighted by atomic mass is 10.3. The fraction of sp³-hybridized carbons (Fsp3) is 0. The molecular formula is C17H13FN4O4S. The minimum atomic E-state index is -4.31. The van der Waals surface area contributed by atoms with Gasteiger partial charge in [0.1, 0.15) is 0 Å². The third-order valence-corrected chi connectivity index (χ3v) is 5.06. The summed E-state index contributed by atoms with van der Waals surface area (Å²) in [6.07, 6.45) is 0.468. The maximum absolute atomic E-state index is 14.2. The number of rotatable bonds is 4. The number of benzene rings is 2. The first-order valence-electron chi connectivity index (χ1n) is 7.61. The van der Waals surface area contributed by atoms with Gasteiger partial charge in [0.25, 0.3) is 10.0 Å². The van der Waals surface area contributed by atoms with Gasteiger partial charge in [-0.1, -0.05) is 36.4 Å². The van der Waals surface area contributed by atoms with E-state index in [1.807, 2.05) is 0 Å². The largest absolute Gasteiger partial charge is 0.363 e. The van der Waals surface area contributed by atoms with Crippen LogP contribution >= 0.6 is 0 Å². The molecule has 0 radical (unpaired) electrons. The maximum atomic E-state index is 14.2. The zero-order valence-corrected chi connectivity index (χ0v) is 14.5. The van der Waals surface area contributed by atoms with Crippen LogP contribution in [0.5, 0.6) is 0 Å². The second-order valence-electron chi connectivity index (χ2n) is 5.28. The molecule has 2 amide bonds. The van der Waals surface area contributed by atoms with Crippen molar-refractivity contribution in [1.29, 1.82) is 0 Å². The van der Waals surface area contributed by atoms with Gasteiger partial charge in [0.15, 0.2) is 11.6 Å². The van der Waals surface area contributed by atoms with Gasteiger partial charge in [0.2, 0.25) is 0 Å². The Hall–Kier alpha value is -3.53. The smallest absolute Gasteiger partial charge is 0.308 e. The van der Waals surface area contributed by atoms with Crippen LogP contribution in [0.25, 0.3) is 0 Å². The number of carbonyl (C=O) groups excluding carboxylic acids is 1. The molecule has 8 nitrogen and oxygen atoms in total. The molecule has 3 rings (SSSR count). The lowest BCUT2D eigenvalue weighted by Crippen LogP contribution is -2.32. The second kappa shape index (κ2) is 7.38. The van der Waals surface area contributed by atoms with Gasteiger partial charge in [0, 0.05) is 5.69 Å². The molecular weight excluding hydrogens is 375 g/mol. The number of anilines is 2. The van der Waals surface area contributed by atoms with E-state index in [0.29, 0.717) is 11.9 Å². The van der Waals surface area contributed by atoms with Crippen LogP contribution in [0.3, 0.4) is 0 Å². The average Bonchev–Trinajstić information content (AvgIpc) is 2.65. The fourth-order valence-electron chi connectivity index (χ4n) is 2.17. The number of nitrogens with one attached hydrogen (secondary N) is 2. The Kier molecular flexibility index (Phi) is 4.99. The molecule has 2 aromatic carbocycles. The van der Waals surface area contributed by atoms with E-state index in [9.17, 15) is 22.4 Å². The number of para-hydroxylation sites is 1. The third kappa shape index (κ3) is 4.01. The third-order valence-electron chi connectivity index (χ3n) is 3.42. The first-order valence-corrected chi connectivity index (χ1v) is 9.05. The molecule has 0 saturated heterocycles. The molecule has 2 N–H and O–H groups in total. The minimum absolute atomic E-state index is 0.179. The van der Waals surface area contributed by atoms with Crippen molar-refractivity contribution < 1.29 is 17.6 Å². The normalized spacial score (nSPS) is 11.0. The standard InChI is InChI=1S/C17H13FN4O4S/c18-14-11-22(27(25,26)13-9-5-2-6-10-13)17(24)21-15(14)20-16(23)19-12-7-3-1-4-8-12/h1-11H,(H2,19,20,21,23,24). The number of nitrogens with zero attached hydrogens (tertiary/aromatic N) is 2.